The first-order chi connectivity index (χ1) is 8.25. The summed E-state index contributed by atoms with van der Waals surface area (Å²) in [6, 6.07) is 9.90. The number of para-hydroxylation sites is 1. The van der Waals surface area contributed by atoms with E-state index in [0.29, 0.717) is 0 Å². The molecular weight excluding hydrogens is 216 g/mol. The predicted molar refractivity (Wildman–Crippen MR) is 64.5 cm³/mol. The molecule has 0 radical (unpaired) electrons. The SMILES string of the molecule is O=C1C=CC(=O)C=C1.c1ccc2occc2c1. The highest BCUT2D eigenvalue weighted by molar-refractivity contribution is 6.14. The van der Waals surface area contributed by atoms with Crippen molar-refractivity contribution < 1.29 is 14.0 Å². The molecule has 0 unspecified atom stereocenters. The van der Waals surface area contributed by atoms with Crippen LogP contribution < -0.4 is 0 Å². The van der Waals surface area contributed by atoms with Crippen LogP contribution in [0.25, 0.3) is 11.0 Å². The molecule has 0 amide bonds. The Bertz CT molecular complexity index is 534. The van der Waals surface area contributed by atoms with Gasteiger partial charge in [0.15, 0.2) is 11.6 Å². The van der Waals surface area contributed by atoms with Gasteiger partial charge in [0.05, 0.1) is 6.26 Å². The summed E-state index contributed by atoms with van der Waals surface area (Å²) in [5.74, 6) is -0.241. The van der Waals surface area contributed by atoms with E-state index in [1.54, 1.807) is 6.26 Å². The van der Waals surface area contributed by atoms with Gasteiger partial charge in [0.2, 0.25) is 0 Å². The molecule has 0 spiro atoms. The summed E-state index contributed by atoms with van der Waals surface area (Å²) in [4.78, 5) is 20.6. The molecule has 1 heterocycles. The fourth-order valence-electron chi connectivity index (χ4n) is 1.35. The lowest BCUT2D eigenvalue weighted by atomic mass is 10.2. The average Bonchev–Trinajstić information content (AvgIpc) is 2.82. The van der Waals surface area contributed by atoms with Crippen LogP contribution in [0.15, 0.2) is 65.3 Å². The first kappa shape index (κ1) is 11.1. The molecule has 0 saturated heterocycles. The van der Waals surface area contributed by atoms with Gasteiger partial charge in [-0.05, 0) is 36.4 Å². The zero-order valence-corrected chi connectivity index (χ0v) is 9.00. The molecule has 3 nitrogen and oxygen atoms in total. The first-order valence-corrected chi connectivity index (χ1v) is 5.12. The van der Waals surface area contributed by atoms with E-state index in [0.717, 1.165) is 11.0 Å². The average molecular weight is 226 g/mol. The molecule has 0 saturated carbocycles. The van der Waals surface area contributed by atoms with E-state index in [9.17, 15) is 9.59 Å². The molecule has 3 heteroatoms. The molecule has 1 aromatic carbocycles. The maximum Gasteiger partial charge on any atom is 0.178 e. The fraction of sp³-hybridized carbons (Fsp3) is 0. The van der Waals surface area contributed by atoms with Crippen LogP contribution in [-0.4, -0.2) is 11.6 Å². The normalized spacial score (nSPS) is 13.6. The minimum Gasteiger partial charge on any atom is -0.464 e. The Hall–Kier alpha value is -2.42. The molecule has 2 aromatic rings. The van der Waals surface area contributed by atoms with Gasteiger partial charge in [0.25, 0.3) is 0 Å². The van der Waals surface area contributed by atoms with Crippen LogP contribution in [0.1, 0.15) is 0 Å². The number of rotatable bonds is 0. The van der Waals surface area contributed by atoms with Gasteiger partial charge in [0, 0.05) is 5.39 Å². The van der Waals surface area contributed by atoms with Crippen LogP contribution in [0, 0.1) is 0 Å². The lowest BCUT2D eigenvalue weighted by molar-refractivity contribution is -0.113. The van der Waals surface area contributed by atoms with E-state index >= 15 is 0 Å². The van der Waals surface area contributed by atoms with Crippen molar-refractivity contribution in [3.8, 4) is 0 Å². The Kier molecular flexibility index (Phi) is 3.31. The Morgan fingerprint density at radius 2 is 1.35 bits per heavy atom. The van der Waals surface area contributed by atoms with Crippen LogP contribution >= 0.6 is 0 Å². The minimum atomic E-state index is -0.121. The van der Waals surface area contributed by atoms with Crippen LogP contribution in [0.5, 0.6) is 0 Å². The first-order valence-electron chi connectivity index (χ1n) is 5.12. The third kappa shape index (κ3) is 3.01. The number of fused-ring (bicyclic) bond motifs is 1. The largest absolute Gasteiger partial charge is 0.464 e. The van der Waals surface area contributed by atoms with Crippen LogP contribution in [0.3, 0.4) is 0 Å². The molecule has 0 fully saturated rings. The van der Waals surface area contributed by atoms with E-state index in [-0.39, 0.29) is 11.6 Å². The zero-order chi connectivity index (χ0) is 12.1. The molecule has 17 heavy (non-hydrogen) atoms. The Morgan fingerprint density at radius 3 is 1.94 bits per heavy atom. The summed E-state index contributed by atoms with van der Waals surface area (Å²) >= 11 is 0. The number of benzene rings is 1. The van der Waals surface area contributed by atoms with Crippen LogP contribution in [0.2, 0.25) is 0 Å². The summed E-state index contributed by atoms with van der Waals surface area (Å²) < 4.78 is 5.12. The molecule has 0 aliphatic heterocycles. The molecule has 0 bridgehead atoms. The topological polar surface area (TPSA) is 47.3 Å². The summed E-state index contributed by atoms with van der Waals surface area (Å²) in [7, 11) is 0. The predicted octanol–water partition coefficient (Wildman–Crippen LogP) is 2.68. The van der Waals surface area contributed by atoms with Gasteiger partial charge >= 0.3 is 0 Å². The highest BCUT2D eigenvalue weighted by atomic mass is 16.3. The van der Waals surface area contributed by atoms with Gasteiger partial charge < -0.3 is 4.42 Å². The van der Waals surface area contributed by atoms with Crippen molar-refractivity contribution in [1.29, 1.82) is 0 Å². The van der Waals surface area contributed by atoms with Crippen molar-refractivity contribution in [2.75, 3.05) is 0 Å². The number of hydrogen-bond donors (Lipinski definition) is 0. The molecule has 1 aliphatic carbocycles. The van der Waals surface area contributed by atoms with Crippen molar-refractivity contribution in [3.63, 3.8) is 0 Å². The van der Waals surface area contributed by atoms with E-state index in [1.165, 1.54) is 24.3 Å². The number of carbonyl (C=O) groups is 2. The Balaban J connectivity index is 0.000000128. The summed E-state index contributed by atoms with van der Waals surface area (Å²) in [5, 5.41) is 1.16. The maximum atomic E-state index is 10.3. The van der Waals surface area contributed by atoms with Gasteiger partial charge in [-0.1, -0.05) is 18.2 Å². The van der Waals surface area contributed by atoms with Gasteiger partial charge in [-0.25, -0.2) is 0 Å². The van der Waals surface area contributed by atoms with Crippen LogP contribution in [0.4, 0.5) is 0 Å². The Morgan fingerprint density at radius 1 is 0.765 bits per heavy atom. The monoisotopic (exact) mass is 226 g/mol. The second kappa shape index (κ2) is 5.07. The molecule has 0 atom stereocenters. The van der Waals surface area contributed by atoms with Gasteiger partial charge in [-0.15, -0.1) is 0 Å². The molecule has 1 aromatic heterocycles. The number of hydrogen-bond acceptors (Lipinski definition) is 3. The summed E-state index contributed by atoms with van der Waals surface area (Å²) in [6.07, 6.45) is 6.71. The lowest BCUT2D eigenvalue weighted by Gasteiger charge is -1.87. The van der Waals surface area contributed by atoms with E-state index in [1.807, 2.05) is 30.3 Å². The molecule has 0 N–H and O–H groups in total. The number of furan rings is 1. The smallest absolute Gasteiger partial charge is 0.178 e. The van der Waals surface area contributed by atoms with Crippen molar-refractivity contribution in [1.82, 2.24) is 0 Å². The Labute approximate surface area is 98.0 Å². The van der Waals surface area contributed by atoms with E-state index in [4.69, 9.17) is 4.42 Å². The van der Waals surface area contributed by atoms with Gasteiger partial charge in [0.1, 0.15) is 5.58 Å². The van der Waals surface area contributed by atoms with Gasteiger partial charge in [-0.2, -0.15) is 0 Å². The highest BCUT2D eigenvalue weighted by Gasteiger charge is 1.97. The molecule has 3 rings (SSSR count). The highest BCUT2D eigenvalue weighted by Crippen LogP contribution is 2.12. The summed E-state index contributed by atoms with van der Waals surface area (Å²) in [6.45, 7) is 0. The van der Waals surface area contributed by atoms with Crippen molar-refractivity contribution in [3.05, 3.63) is 60.9 Å². The zero-order valence-electron chi connectivity index (χ0n) is 9.00. The number of ketones is 2. The van der Waals surface area contributed by atoms with Gasteiger partial charge in [-0.3, -0.25) is 9.59 Å². The fourth-order valence-corrected chi connectivity index (χ4v) is 1.35. The number of carbonyl (C=O) groups excluding carboxylic acids is 2. The standard InChI is InChI=1S/C8H6O.C6H4O2/c1-2-4-8-7(3-1)5-6-9-8;7-5-1-2-6(8)4-3-5/h1-6H;1-4H. The minimum absolute atomic E-state index is 0.121. The lowest BCUT2D eigenvalue weighted by Crippen LogP contribution is -1.97. The maximum absolute atomic E-state index is 10.3. The third-order valence-corrected chi connectivity index (χ3v) is 2.19. The van der Waals surface area contributed by atoms with Crippen molar-refractivity contribution in [2.45, 2.75) is 0 Å². The third-order valence-electron chi connectivity index (χ3n) is 2.19. The molecular formula is C14H10O3. The van der Waals surface area contributed by atoms with Crippen molar-refractivity contribution >= 4 is 22.5 Å². The van der Waals surface area contributed by atoms with E-state index in [2.05, 4.69) is 0 Å². The second-order valence-corrected chi connectivity index (χ2v) is 3.43. The van der Waals surface area contributed by atoms with Crippen molar-refractivity contribution in [2.24, 2.45) is 0 Å². The van der Waals surface area contributed by atoms with Crippen LogP contribution in [-0.2, 0) is 9.59 Å². The molecule has 84 valence electrons. The second-order valence-electron chi connectivity index (χ2n) is 3.43. The quantitative estimate of drug-likeness (QED) is 0.649. The number of allylic oxidation sites excluding steroid dienone is 4. The van der Waals surface area contributed by atoms with E-state index < -0.39 is 0 Å². The molecule has 1 aliphatic rings. The summed E-state index contributed by atoms with van der Waals surface area (Å²) in [5.41, 5.74) is 0.956.